The second-order valence-corrected chi connectivity index (χ2v) is 12.2. The van der Waals surface area contributed by atoms with E-state index in [1.54, 1.807) is 6.92 Å². The second kappa shape index (κ2) is 8.85. The molecule has 0 unspecified atom stereocenters. The Hall–Kier alpha value is -1.09. The highest BCUT2D eigenvalue weighted by Crippen LogP contribution is 2.70. The van der Waals surface area contributed by atoms with Crippen LogP contribution in [0.25, 0.3) is 0 Å². The fraction of sp³-hybridized carbons (Fsp3) is 0.696. The first-order valence-corrected chi connectivity index (χ1v) is 12.5. The molecule has 0 amide bonds. The van der Waals surface area contributed by atoms with E-state index in [2.05, 4.69) is 13.8 Å². The van der Waals surface area contributed by atoms with Gasteiger partial charge in [0.1, 0.15) is 6.17 Å². The van der Waals surface area contributed by atoms with Crippen molar-refractivity contribution >= 4 is 51.3 Å². The number of allylic oxidation sites excluding steroid dienone is 4. The summed E-state index contributed by atoms with van der Waals surface area (Å²) in [4.78, 5) is 30.1. The van der Waals surface area contributed by atoms with Gasteiger partial charge in [0.15, 0.2) is 5.78 Å². The van der Waals surface area contributed by atoms with Crippen LogP contribution in [0.1, 0.15) is 47.0 Å². The molecule has 3 fully saturated rings. The van der Waals surface area contributed by atoms with E-state index >= 15 is 4.39 Å². The van der Waals surface area contributed by atoms with Crippen molar-refractivity contribution in [1.82, 2.24) is 0 Å². The maximum atomic E-state index is 15.3. The average molecular weight is 523 g/mol. The fourth-order valence-corrected chi connectivity index (χ4v) is 8.19. The number of aliphatic hydroxyl groups excluding tert-OH is 1. The molecule has 4 aliphatic rings. The van der Waals surface area contributed by atoms with E-state index in [0.29, 0.717) is 17.6 Å². The Kier molecular flexibility index (Phi) is 7.11. The van der Waals surface area contributed by atoms with Gasteiger partial charge in [0, 0.05) is 5.41 Å². The van der Waals surface area contributed by atoms with Gasteiger partial charge in [0.25, 0.3) is 0 Å². The number of carbonyl (C=O) groups is 3. The zero-order valence-electron chi connectivity index (χ0n) is 18.8. The number of aliphatic hydroxyl groups is 1. The Bertz CT molecular complexity index is 928. The lowest BCUT2D eigenvalue weighted by atomic mass is 9.47. The highest BCUT2D eigenvalue weighted by atomic mass is 35.5. The summed E-state index contributed by atoms with van der Waals surface area (Å²) in [5.41, 5.74) is -0.0594. The normalized spacial score (nSPS) is 46.0. The number of thioether (sulfide) groups is 1. The van der Waals surface area contributed by atoms with E-state index in [1.165, 1.54) is 6.08 Å². The number of fused-ring (bicyclic) bond motifs is 5. The van der Waals surface area contributed by atoms with Gasteiger partial charge in [-0.1, -0.05) is 26.8 Å². The van der Waals surface area contributed by atoms with Crippen LogP contribution in [0, 0.1) is 28.6 Å². The molecule has 0 aromatic heterocycles. The summed E-state index contributed by atoms with van der Waals surface area (Å²) in [6, 6.07) is 0. The summed E-state index contributed by atoms with van der Waals surface area (Å²) < 4.78 is 15.3. The number of hydrogen-bond acceptors (Lipinski definition) is 5. The summed E-state index contributed by atoms with van der Waals surface area (Å²) in [5.74, 6) is -0.00111. The van der Waals surface area contributed by atoms with Gasteiger partial charge in [0.05, 0.1) is 28.1 Å². The lowest BCUT2D eigenvalue weighted by Gasteiger charge is -2.63. The minimum absolute atomic E-state index is 0.128. The first kappa shape index (κ1) is 26.5. The molecule has 9 atom stereocenters. The SMILES string of the molecule is CC1=C[C@@]2(C)C(=CC1=O)[C@@H](F)C[C@H]1[C@@H]3C[C@@H](C)[C@@H](O)[C@@]3(C)C[C@H](Cl)[C@@]12Cl.O=C(O)SC(=O)O. The Morgan fingerprint density at radius 2 is 1.76 bits per heavy atom. The van der Waals surface area contributed by atoms with E-state index in [9.17, 15) is 19.5 Å². The van der Waals surface area contributed by atoms with Crippen LogP contribution >= 0.6 is 35.0 Å². The van der Waals surface area contributed by atoms with Crippen molar-refractivity contribution in [3.05, 3.63) is 23.3 Å². The molecule has 10 heteroatoms. The molecular weight excluding hydrogens is 494 g/mol. The molecule has 33 heavy (non-hydrogen) atoms. The predicted octanol–water partition coefficient (Wildman–Crippen LogP) is 5.89. The summed E-state index contributed by atoms with van der Waals surface area (Å²) in [6.07, 6.45) is 3.36. The van der Waals surface area contributed by atoms with Crippen molar-refractivity contribution in [2.45, 2.75) is 69.5 Å². The molecule has 0 bridgehead atoms. The van der Waals surface area contributed by atoms with Crippen LogP contribution in [0.15, 0.2) is 23.3 Å². The fourth-order valence-electron chi connectivity index (χ4n) is 6.83. The van der Waals surface area contributed by atoms with Crippen LogP contribution in [0.2, 0.25) is 0 Å². The molecule has 0 spiro atoms. The summed E-state index contributed by atoms with van der Waals surface area (Å²) in [6.45, 7) is 7.84. The quantitative estimate of drug-likeness (QED) is 0.339. The van der Waals surface area contributed by atoms with E-state index in [1.807, 2.05) is 13.0 Å². The Labute approximate surface area is 206 Å². The molecule has 3 saturated carbocycles. The van der Waals surface area contributed by atoms with Crippen LogP contribution < -0.4 is 0 Å². The lowest BCUT2D eigenvalue weighted by molar-refractivity contribution is -0.112. The van der Waals surface area contributed by atoms with Crippen molar-refractivity contribution in [3.63, 3.8) is 0 Å². The highest BCUT2D eigenvalue weighted by molar-refractivity contribution is 8.25. The number of halogens is 3. The average Bonchev–Trinajstić information content (AvgIpc) is 2.90. The van der Waals surface area contributed by atoms with Gasteiger partial charge >= 0.3 is 10.6 Å². The van der Waals surface area contributed by atoms with Gasteiger partial charge in [0.2, 0.25) is 0 Å². The maximum absolute atomic E-state index is 15.3. The molecule has 4 aliphatic carbocycles. The van der Waals surface area contributed by atoms with E-state index in [4.69, 9.17) is 33.4 Å². The number of carboxylic acid groups (broad SMARTS) is 2. The van der Waals surface area contributed by atoms with Crippen molar-refractivity contribution in [1.29, 1.82) is 0 Å². The third kappa shape index (κ3) is 4.05. The molecule has 0 aromatic rings. The van der Waals surface area contributed by atoms with Crippen LogP contribution in [-0.4, -0.2) is 54.2 Å². The maximum Gasteiger partial charge on any atom is 0.376 e. The Morgan fingerprint density at radius 1 is 1.18 bits per heavy atom. The molecule has 3 N–H and O–H groups in total. The van der Waals surface area contributed by atoms with Gasteiger partial charge in [-0.2, -0.15) is 0 Å². The Balaban J connectivity index is 0.000000383. The summed E-state index contributed by atoms with van der Waals surface area (Å²) in [5, 5.41) is 23.0. The smallest absolute Gasteiger partial charge is 0.376 e. The second-order valence-electron chi connectivity index (χ2n) is 10.1. The largest absolute Gasteiger partial charge is 0.473 e. The van der Waals surface area contributed by atoms with E-state index < -0.39 is 38.5 Å². The number of carbonyl (C=O) groups excluding carboxylic acids is 1. The third-order valence-corrected chi connectivity index (χ3v) is 10.2. The highest BCUT2D eigenvalue weighted by Gasteiger charge is 2.71. The van der Waals surface area contributed by atoms with Gasteiger partial charge < -0.3 is 15.3 Å². The number of rotatable bonds is 0. The molecule has 0 radical (unpaired) electrons. The van der Waals surface area contributed by atoms with Crippen LogP contribution in [0.3, 0.4) is 0 Å². The monoisotopic (exact) mass is 522 g/mol. The van der Waals surface area contributed by atoms with Gasteiger partial charge in [-0.15, -0.1) is 23.2 Å². The zero-order chi connectivity index (χ0) is 25.1. The number of ketones is 1. The number of hydrogen-bond donors (Lipinski definition) is 3. The van der Waals surface area contributed by atoms with Crippen LogP contribution in [0.4, 0.5) is 14.0 Å². The van der Waals surface area contributed by atoms with E-state index in [-0.39, 0.29) is 47.1 Å². The molecule has 0 saturated heterocycles. The minimum atomic E-state index is -1.40. The molecular formula is C23H29Cl2FO6S. The molecule has 184 valence electrons. The van der Waals surface area contributed by atoms with Crippen LogP contribution in [-0.2, 0) is 4.79 Å². The first-order chi connectivity index (χ1) is 15.1. The standard InChI is InChI=1S/C21H27Cl2FO2.C2H2O4S/c1-10-5-12-13-6-15(24)14-7-16(25)11(2)8-20(14,4)21(13,23)17(22)9-19(12,3)18(10)26;3-1(4)7-2(5)6/h7-8,10,12-13,15,17-18,26H,5-6,9H2,1-4H3;(H,3,4)(H,5,6)/t10-,12+,13+,15+,17+,18-,19+,20+,21+;/m1./s1. The molecule has 0 aliphatic heterocycles. The Morgan fingerprint density at radius 3 is 2.27 bits per heavy atom. The third-order valence-electron chi connectivity index (χ3n) is 8.34. The van der Waals surface area contributed by atoms with Gasteiger partial charge in [-0.05, 0) is 66.6 Å². The predicted molar refractivity (Wildman–Crippen MR) is 126 cm³/mol. The van der Waals surface area contributed by atoms with Crippen LogP contribution in [0.5, 0.6) is 0 Å². The molecule has 4 rings (SSSR count). The minimum Gasteiger partial charge on any atom is -0.473 e. The zero-order valence-corrected chi connectivity index (χ0v) is 21.2. The van der Waals surface area contributed by atoms with Gasteiger partial charge in [-0.3, -0.25) is 4.79 Å². The van der Waals surface area contributed by atoms with Crippen molar-refractivity contribution in [2.75, 3.05) is 0 Å². The van der Waals surface area contributed by atoms with Crippen molar-refractivity contribution in [2.24, 2.45) is 28.6 Å². The summed E-state index contributed by atoms with van der Waals surface area (Å²) in [7, 11) is 0. The lowest BCUT2D eigenvalue weighted by Crippen LogP contribution is -2.66. The molecule has 6 nitrogen and oxygen atoms in total. The topological polar surface area (TPSA) is 112 Å². The van der Waals surface area contributed by atoms with E-state index in [0.717, 1.165) is 6.42 Å². The molecule has 0 aromatic carbocycles. The van der Waals surface area contributed by atoms with Gasteiger partial charge in [-0.25, -0.2) is 14.0 Å². The first-order valence-electron chi connectivity index (χ1n) is 10.8. The van der Waals surface area contributed by atoms with Crippen molar-refractivity contribution in [3.8, 4) is 0 Å². The number of alkyl halides is 3. The summed E-state index contributed by atoms with van der Waals surface area (Å²) >= 11 is 14.1. The molecule has 0 heterocycles. The van der Waals surface area contributed by atoms with Crippen molar-refractivity contribution < 1.29 is 34.1 Å².